The van der Waals surface area contributed by atoms with Gasteiger partial charge in [0.1, 0.15) is 11.6 Å². The quantitative estimate of drug-likeness (QED) is 0.532. The van der Waals surface area contributed by atoms with E-state index in [1.165, 1.54) is 0 Å². The summed E-state index contributed by atoms with van der Waals surface area (Å²) in [7, 11) is 3.74. The van der Waals surface area contributed by atoms with Crippen LogP contribution >= 0.6 is 11.3 Å². The van der Waals surface area contributed by atoms with E-state index in [1.54, 1.807) is 18.4 Å². The number of aromatic nitrogens is 2. The highest BCUT2D eigenvalue weighted by Gasteiger charge is 2.14. The summed E-state index contributed by atoms with van der Waals surface area (Å²) in [5.74, 6) is 2.61. The number of methoxy groups -OCH3 is 1. The molecule has 4 rings (SSSR count). The molecular formula is C19H17N3OS. The zero-order valence-electron chi connectivity index (χ0n) is 13.8. The Bertz CT molecular complexity index is 1040. The molecule has 4 aromatic rings. The zero-order chi connectivity index (χ0) is 16.7. The van der Waals surface area contributed by atoms with Crippen LogP contribution < -0.4 is 9.64 Å². The van der Waals surface area contributed by atoms with Crippen LogP contribution in [0.2, 0.25) is 0 Å². The average molecular weight is 335 g/mol. The van der Waals surface area contributed by atoms with Gasteiger partial charge in [0.25, 0.3) is 0 Å². The van der Waals surface area contributed by atoms with Gasteiger partial charge in [0.2, 0.25) is 0 Å². The molecule has 0 aliphatic heterocycles. The van der Waals surface area contributed by atoms with Crippen molar-refractivity contribution < 1.29 is 4.74 Å². The Kier molecular flexibility index (Phi) is 3.58. The largest absolute Gasteiger partial charge is 0.496 e. The van der Waals surface area contributed by atoms with Gasteiger partial charge in [-0.1, -0.05) is 12.1 Å². The van der Waals surface area contributed by atoms with Gasteiger partial charge in [-0.25, -0.2) is 9.97 Å². The molecular weight excluding hydrogens is 318 g/mol. The molecule has 0 atom stereocenters. The Morgan fingerprint density at radius 1 is 1.08 bits per heavy atom. The predicted octanol–water partition coefficient (Wildman–Crippen LogP) is 4.93. The summed E-state index contributed by atoms with van der Waals surface area (Å²) in [4.78, 5) is 11.3. The Morgan fingerprint density at radius 3 is 2.79 bits per heavy atom. The lowest BCUT2D eigenvalue weighted by Gasteiger charge is -2.20. The minimum Gasteiger partial charge on any atom is -0.496 e. The molecule has 0 amide bonds. The van der Waals surface area contributed by atoms with Crippen molar-refractivity contribution in [1.29, 1.82) is 0 Å². The number of hydrogen-bond acceptors (Lipinski definition) is 5. The minimum atomic E-state index is 0.783. The normalized spacial score (nSPS) is 11.1. The number of nitrogens with zero attached hydrogens (tertiary/aromatic N) is 3. The van der Waals surface area contributed by atoms with E-state index in [0.717, 1.165) is 44.1 Å². The number of hydrogen-bond donors (Lipinski definition) is 0. The lowest BCUT2D eigenvalue weighted by molar-refractivity contribution is 0.420. The average Bonchev–Trinajstić information content (AvgIpc) is 3.07. The first-order valence-electron chi connectivity index (χ1n) is 7.70. The molecule has 2 aromatic heterocycles. The maximum absolute atomic E-state index is 5.44. The van der Waals surface area contributed by atoms with E-state index in [4.69, 9.17) is 4.74 Å². The molecule has 4 nitrogen and oxygen atoms in total. The number of fused-ring (bicyclic) bond motifs is 2. The Morgan fingerprint density at radius 2 is 1.96 bits per heavy atom. The first-order valence-corrected chi connectivity index (χ1v) is 8.57. The molecule has 0 saturated heterocycles. The van der Waals surface area contributed by atoms with Crippen molar-refractivity contribution in [2.75, 3.05) is 19.1 Å². The Labute approximate surface area is 144 Å². The van der Waals surface area contributed by atoms with Gasteiger partial charge in [-0.15, -0.1) is 11.3 Å². The molecule has 0 spiro atoms. The lowest BCUT2D eigenvalue weighted by atomic mass is 10.1. The van der Waals surface area contributed by atoms with E-state index in [2.05, 4.69) is 44.5 Å². The predicted molar refractivity (Wildman–Crippen MR) is 101 cm³/mol. The maximum atomic E-state index is 5.44. The number of ether oxygens (including phenoxy) is 1. The molecule has 2 aromatic carbocycles. The molecule has 0 unspecified atom stereocenters. The first-order chi connectivity index (χ1) is 11.7. The van der Waals surface area contributed by atoms with E-state index in [9.17, 15) is 0 Å². The molecule has 0 saturated carbocycles. The minimum absolute atomic E-state index is 0.783. The van der Waals surface area contributed by atoms with Crippen molar-refractivity contribution in [3.8, 4) is 5.75 Å². The second-order valence-electron chi connectivity index (χ2n) is 5.65. The van der Waals surface area contributed by atoms with Crippen LogP contribution in [0.25, 0.3) is 21.0 Å². The number of aryl methyl sites for hydroxylation is 1. The van der Waals surface area contributed by atoms with Crippen LogP contribution in [0.5, 0.6) is 5.75 Å². The highest BCUT2D eigenvalue weighted by Crippen LogP contribution is 2.34. The summed E-state index contributed by atoms with van der Waals surface area (Å²) in [6.45, 7) is 1.93. The maximum Gasteiger partial charge on any atom is 0.154 e. The van der Waals surface area contributed by atoms with Crippen LogP contribution in [-0.2, 0) is 0 Å². The van der Waals surface area contributed by atoms with Crippen LogP contribution in [0.15, 0.2) is 47.8 Å². The summed E-state index contributed by atoms with van der Waals surface area (Å²) in [6, 6.07) is 14.5. The van der Waals surface area contributed by atoms with Crippen molar-refractivity contribution in [2.45, 2.75) is 6.92 Å². The van der Waals surface area contributed by atoms with E-state index in [1.807, 2.05) is 32.2 Å². The Balaban J connectivity index is 1.85. The first kappa shape index (κ1) is 14.9. The smallest absolute Gasteiger partial charge is 0.154 e. The standard InChI is InChI=1S/C19H17N3OS/c1-12-20-16-9-10-24-18(16)19(21-12)22(2)14-7-8-15-13(11-14)5-4-6-17(15)23-3/h4-11H,1-3H3. The summed E-state index contributed by atoms with van der Waals surface area (Å²) in [6.07, 6.45) is 0. The third-order valence-electron chi connectivity index (χ3n) is 4.15. The highest BCUT2D eigenvalue weighted by atomic mass is 32.1. The summed E-state index contributed by atoms with van der Waals surface area (Å²) in [5.41, 5.74) is 2.08. The summed E-state index contributed by atoms with van der Waals surface area (Å²) in [5, 5.41) is 4.31. The third-order valence-corrected chi connectivity index (χ3v) is 5.05. The molecule has 0 aliphatic carbocycles. The van der Waals surface area contributed by atoms with Crippen molar-refractivity contribution in [1.82, 2.24) is 9.97 Å². The number of benzene rings is 2. The van der Waals surface area contributed by atoms with Gasteiger partial charge in [0.05, 0.1) is 17.3 Å². The molecule has 0 aliphatic rings. The fourth-order valence-corrected chi connectivity index (χ4v) is 3.79. The van der Waals surface area contributed by atoms with Crippen molar-refractivity contribution >= 4 is 43.8 Å². The fourth-order valence-electron chi connectivity index (χ4n) is 2.94. The van der Waals surface area contributed by atoms with Crippen LogP contribution in [0.3, 0.4) is 0 Å². The van der Waals surface area contributed by atoms with Crippen molar-refractivity contribution in [3.05, 3.63) is 53.7 Å². The van der Waals surface area contributed by atoms with E-state index < -0.39 is 0 Å². The molecule has 0 radical (unpaired) electrons. The monoisotopic (exact) mass is 335 g/mol. The van der Waals surface area contributed by atoms with E-state index in [-0.39, 0.29) is 0 Å². The van der Waals surface area contributed by atoms with Crippen LogP contribution in [-0.4, -0.2) is 24.1 Å². The van der Waals surface area contributed by atoms with Crippen LogP contribution in [0, 0.1) is 6.92 Å². The number of rotatable bonds is 3. The molecule has 0 bridgehead atoms. The fraction of sp³-hybridized carbons (Fsp3) is 0.158. The Hall–Kier alpha value is -2.66. The molecule has 120 valence electrons. The topological polar surface area (TPSA) is 38.2 Å². The highest BCUT2D eigenvalue weighted by molar-refractivity contribution is 7.17. The molecule has 2 heterocycles. The van der Waals surface area contributed by atoms with Crippen molar-refractivity contribution in [3.63, 3.8) is 0 Å². The molecule has 5 heteroatoms. The second-order valence-corrected chi connectivity index (χ2v) is 6.57. The SMILES string of the molecule is COc1cccc2cc(N(C)c3nc(C)nc4ccsc34)ccc12. The second kappa shape index (κ2) is 5.76. The van der Waals surface area contributed by atoms with Gasteiger partial charge in [-0.05, 0) is 48.0 Å². The van der Waals surface area contributed by atoms with Gasteiger partial charge < -0.3 is 9.64 Å². The van der Waals surface area contributed by atoms with E-state index in [0.29, 0.717) is 0 Å². The van der Waals surface area contributed by atoms with Crippen LogP contribution in [0.1, 0.15) is 5.82 Å². The van der Waals surface area contributed by atoms with E-state index >= 15 is 0 Å². The summed E-state index contributed by atoms with van der Waals surface area (Å²) < 4.78 is 6.55. The molecule has 0 fully saturated rings. The van der Waals surface area contributed by atoms with Gasteiger partial charge in [0.15, 0.2) is 5.82 Å². The van der Waals surface area contributed by atoms with Crippen molar-refractivity contribution in [2.24, 2.45) is 0 Å². The lowest BCUT2D eigenvalue weighted by Crippen LogP contribution is -2.12. The third kappa shape index (κ3) is 2.37. The number of thiophene rings is 1. The van der Waals surface area contributed by atoms with Gasteiger partial charge in [-0.2, -0.15) is 0 Å². The molecule has 0 N–H and O–H groups in total. The van der Waals surface area contributed by atoms with Crippen LogP contribution in [0.4, 0.5) is 11.5 Å². The molecule has 24 heavy (non-hydrogen) atoms. The number of anilines is 2. The summed E-state index contributed by atoms with van der Waals surface area (Å²) >= 11 is 1.67. The zero-order valence-corrected chi connectivity index (χ0v) is 14.6. The van der Waals surface area contributed by atoms with Gasteiger partial charge in [-0.3, -0.25) is 0 Å². The van der Waals surface area contributed by atoms with Gasteiger partial charge in [0, 0.05) is 18.1 Å². The van der Waals surface area contributed by atoms with Gasteiger partial charge >= 0.3 is 0 Å².